The molecule has 0 saturated carbocycles. The quantitative estimate of drug-likeness (QED) is 0.312. The molecule has 2 aromatic carbocycles. The van der Waals surface area contributed by atoms with Crippen molar-refractivity contribution in [2.24, 2.45) is 5.92 Å². The Kier molecular flexibility index (Phi) is 10.3. The Morgan fingerprint density at radius 3 is 2.19 bits per heavy atom. The Morgan fingerprint density at radius 1 is 0.968 bits per heavy atom. The van der Waals surface area contributed by atoms with Gasteiger partial charge in [-0.25, -0.2) is 4.79 Å². The monoisotopic (exact) mass is 447 g/mol. The largest absolute Gasteiger partial charge is 0.481 e. The molecule has 31 heavy (non-hydrogen) atoms. The van der Waals surface area contributed by atoms with E-state index in [-0.39, 0.29) is 25.4 Å². The molecule has 0 heterocycles. The van der Waals surface area contributed by atoms with Gasteiger partial charge in [0, 0.05) is 18.9 Å². The summed E-state index contributed by atoms with van der Waals surface area (Å²) in [5.41, 5.74) is 1.84. The van der Waals surface area contributed by atoms with Crippen molar-refractivity contribution in [3.8, 4) is 0 Å². The Hall–Kier alpha value is -2.63. The molecule has 0 radical (unpaired) electrons. The van der Waals surface area contributed by atoms with Crippen LogP contribution >= 0.6 is 7.37 Å². The SMILES string of the molecule is O=C(NCCCCC(CP(=O)(O)CCc1ccccc1)C(=O)O)OCc1ccccc1. The summed E-state index contributed by atoms with van der Waals surface area (Å²) >= 11 is 0. The Bertz CT molecular complexity index is 859. The highest BCUT2D eigenvalue weighted by molar-refractivity contribution is 7.58. The van der Waals surface area contributed by atoms with Gasteiger partial charge in [-0.2, -0.15) is 0 Å². The summed E-state index contributed by atoms with van der Waals surface area (Å²) in [4.78, 5) is 33.5. The molecule has 7 nitrogen and oxygen atoms in total. The van der Waals surface area contributed by atoms with E-state index >= 15 is 0 Å². The van der Waals surface area contributed by atoms with E-state index < -0.39 is 25.3 Å². The molecule has 3 N–H and O–H groups in total. The number of carboxylic acids is 1. The number of nitrogens with one attached hydrogen (secondary N) is 1. The van der Waals surface area contributed by atoms with Gasteiger partial charge in [0.15, 0.2) is 0 Å². The van der Waals surface area contributed by atoms with Crippen molar-refractivity contribution in [1.82, 2.24) is 5.32 Å². The first-order valence-corrected chi connectivity index (χ1v) is 12.4. The van der Waals surface area contributed by atoms with Crippen LogP contribution in [0.4, 0.5) is 4.79 Å². The Balaban J connectivity index is 1.65. The third kappa shape index (κ3) is 10.3. The lowest BCUT2D eigenvalue weighted by Crippen LogP contribution is -2.25. The predicted molar refractivity (Wildman–Crippen MR) is 119 cm³/mol. The molecular weight excluding hydrogens is 417 g/mol. The van der Waals surface area contributed by atoms with Crippen LogP contribution in [0.3, 0.4) is 0 Å². The van der Waals surface area contributed by atoms with Gasteiger partial charge < -0.3 is 20.1 Å². The minimum Gasteiger partial charge on any atom is -0.481 e. The topological polar surface area (TPSA) is 113 Å². The van der Waals surface area contributed by atoms with E-state index in [4.69, 9.17) is 4.74 Å². The summed E-state index contributed by atoms with van der Waals surface area (Å²) in [5.74, 6) is -1.94. The number of aliphatic carboxylic acids is 1. The van der Waals surface area contributed by atoms with E-state index in [9.17, 15) is 24.2 Å². The third-order valence-corrected chi connectivity index (χ3v) is 6.84. The van der Waals surface area contributed by atoms with E-state index in [0.717, 1.165) is 11.1 Å². The van der Waals surface area contributed by atoms with Crippen LogP contribution in [-0.4, -0.2) is 40.9 Å². The van der Waals surface area contributed by atoms with Gasteiger partial charge in [-0.05, 0) is 30.4 Å². The summed E-state index contributed by atoms with van der Waals surface area (Å²) in [6, 6.07) is 18.7. The van der Waals surface area contributed by atoms with Crippen LogP contribution in [0.2, 0.25) is 0 Å². The van der Waals surface area contributed by atoms with Crippen molar-refractivity contribution in [3.63, 3.8) is 0 Å². The highest BCUT2D eigenvalue weighted by atomic mass is 31.2. The smallest absolute Gasteiger partial charge is 0.407 e. The Labute approximate surface area is 182 Å². The first-order chi connectivity index (χ1) is 14.9. The lowest BCUT2D eigenvalue weighted by molar-refractivity contribution is -0.141. The second kappa shape index (κ2) is 12.9. The van der Waals surface area contributed by atoms with Gasteiger partial charge in [0.25, 0.3) is 0 Å². The molecule has 0 spiro atoms. The average Bonchev–Trinajstić information content (AvgIpc) is 2.76. The van der Waals surface area contributed by atoms with Crippen LogP contribution in [0.1, 0.15) is 30.4 Å². The molecule has 0 bridgehead atoms. The van der Waals surface area contributed by atoms with E-state index in [2.05, 4.69) is 5.32 Å². The maximum absolute atomic E-state index is 12.5. The Morgan fingerprint density at radius 2 is 1.58 bits per heavy atom. The van der Waals surface area contributed by atoms with Crippen LogP contribution in [0.25, 0.3) is 0 Å². The number of hydrogen-bond donors (Lipinski definition) is 3. The van der Waals surface area contributed by atoms with Crippen LogP contribution < -0.4 is 5.32 Å². The fourth-order valence-corrected chi connectivity index (χ4v) is 4.97. The molecule has 2 unspecified atom stereocenters. The lowest BCUT2D eigenvalue weighted by atomic mass is 10.0. The zero-order chi connectivity index (χ0) is 22.5. The van der Waals surface area contributed by atoms with Crippen LogP contribution in [-0.2, 0) is 27.1 Å². The number of aryl methyl sites for hydroxylation is 1. The maximum atomic E-state index is 12.5. The second-order valence-corrected chi connectivity index (χ2v) is 10.0. The fourth-order valence-electron chi connectivity index (χ4n) is 3.16. The second-order valence-electron chi connectivity index (χ2n) is 7.51. The van der Waals surface area contributed by atoms with Gasteiger partial charge in [-0.1, -0.05) is 67.1 Å². The first kappa shape index (κ1) is 24.6. The number of hydrogen-bond acceptors (Lipinski definition) is 4. The van der Waals surface area contributed by atoms with Crippen molar-refractivity contribution < 1.29 is 28.9 Å². The summed E-state index contributed by atoms with van der Waals surface area (Å²) in [5, 5.41) is 12.1. The highest BCUT2D eigenvalue weighted by Crippen LogP contribution is 2.44. The molecule has 0 fully saturated rings. The van der Waals surface area contributed by atoms with Crippen LogP contribution in [0, 0.1) is 5.92 Å². The summed E-state index contributed by atoms with van der Waals surface area (Å²) < 4.78 is 17.6. The molecule has 168 valence electrons. The van der Waals surface area contributed by atoms with Gasteiger partial charge in [-0.15, -0.1) is 0 Å². The summed E-state index contributed by atoms with van der Waals surface area (Å²) in [7, 11) is -3.55. The molecular formula is C23H30NO6P. The summed E-state index contributed by atoms with van der Waals surface area (Å²) in [6.45, 7) is 0.535. The fraction of sp³-hybridized carbons (Fsp3) is 0.391. The molecule has 2 atom stereocenters. The highest BCUT2D eigenvalue weighted by Gasteiger charge is 2.28. The van der Waals surface area contributed by atoms with Crippen LogP contribution in [0.15, 0.2) is 60.7 Å². The molecule has 0 aromatic heterocycles. The van der Waals surface area contributed by atoms with Crippen molar-refractivity contribution in [1.29, 1.82) is 0 Å². The van der Waals surface area contributed by atoms with Gasteiger partial charge in [0.1, 0.15) is 6.61 Å². The molecule has 2 rings (SSSR count). The number of ether oxygens (including phenoxy) is 1. The number of carboxylic acid groups (broad SMARTS) is 1. The number of rotatable bonds is 13. The number of amides is 1. The minimum absolute atomic E-state index is 0.0651. The number of unbranched alkanes of at least 4 members (excludes halogenated alkanes) is 1. The zero-order valence-electron chi connectivity index (χ0n) is 17.5. The zero-order valence-corrected chi connectivity index (χ0v) is 18.4. The molecule has 0 saturated heterocycles. The minimum atomic E-state index is -3.55. The number of carbonyl (C=O) groups excluding carboxylic acids is 1. The lowest BCUT2D eigenvalue weighted by Gasteiger charge is -2.17. The molecule has 2 aromatic rings. The van der Waals surface area contributed by atoms with Crippen LogP contribution in [0.5, 0.6) is 0 Å². The maximum Gasteiger partial charge on any atom is 0.407 e. The van der Waals surface area contributed by atoms with E-state index in [1.807, 2.05) is 60.7 Å². The van der Waals surface area contributed by atoms with Crippen molar-refractivity contribution in [2.75, 3.05) is 18.9 Å². The molecule has 0 aliphatic heterocycles. The molecule has 0 aliphatic rings. The predicted octanol–water partition coefficient (Wildman–Crippen LogP) is 4.30. The van der Waals surface area contributed by atoms with Gasteiger partial charge in [0.05, 0.1) is 5.92 Å². The van der Waals surface area contributed by atoms with Gasteiger partial charge in [-0.3, -0.25) is 9.36 Å². The third-order valence-electron chi connectivity index (χ3n) is 4.91. The van der Waals surface area contributed by atoms with E-state index in [0.29, 0.717) is 25.8 Å². The van der Waals surface area contributed by atoms with Crippen molar-refractivity contribution in [3.05, 3.63) is 71.8 Å². The number of carbonyl (C=O) groups is 2. The molecule has 0 aliphatic carbocycles. The molecule has 8 heteroatoms. The number of benzene rings is 2. The number of alkyl carbamates (subject to hydrolysis) is 1. The van der Waals surface area contributed by atoms with Crippen molar-refractivity contribution >= 4 is 19.4 Å². The average molecular weight is 447 g/mol. The van der Waals surface area contributed by atoms with E-state index in [1.54, 1.807) is 0 Å². The first-order valence-electron chi connectivity index (χ1n) is 10.4. The normalized spacial score (nSPS) is 13.7. The molecule has 1 amide bonds. The van der Waals surface area contributed by atoms with E-state index in [1.165, 1.54) is 0 Å². The van der Waals surface area contributed by atoms with Gasteiger partial charge >= 0.3 is 12.1 Å². The van der Waals surface area contributed by atoms with Gasteiger partial charge in [0.2, 0.25) is 7.37 Å². The van der Waals surface area contributed by atoms with Crippen molar-refractivity contribution in [2.45, 2.75) is 32.3 Å². The summed E-state index contributed by atoms with van der Waals surface area (Å²) in [6.07, 6.45) is 1.11. The standard InChI is InChI=1S/C23H30NO6P/c25-22(26)21(18-31(28,29)16-14-19-9-3-1-4-10-19)13-7-8-15-24-23(27)30-17-20-11-5-2-6-12-20/h1-6,9-12,21H,7-8,13-18H2,(H,24,27)(H,25,26)(H,28,29).